The van der Waals surface area contributed by atoms with Crippen molar-refractivity contribution in [3.63, 3.8) is 0 Å². The lowest BCUT2D eigenvalue weighted by atomic mass is 10.3. The molecular weight excluding hydrogens is 286 g/mol. The van der Waals surface area contributed by atoms with Gasteiger partial charge in [0, 0.05) is 13.1 Å². The van der Waals surface area contributed by atoms with Gasteiger partial charge in [-0.05, 0) is 60.2 Å². The molecule has 0 amide bonds. The number of carboxylic acids is 2. The zero-order chi connectivity index (χ0) is 17.0. The van der Waals surface area contributed by atoms with Gasteiger partial charge in [0.25, 0.3) is 0 Å². The van der Waals surface area contributed by atoms with Crippen LogP contribution < -0.4 is 0 Å². The molecule has 0 aliphatic heterocycles. The van der Waals surface area contributed by atoms with Gasteiger partial charge >= 0.3 is 11.9 Å². The van der Waals surface area contributed by atoms with E-state index in [1.54, 1.807) is 0 Å². The first-order chi connectivity index (χ1) is 10.3. The van der Waals surface area contributed by atoms with Crippen LogP contribution in [0.25, 0.3) is 0 Å². The quantitative estimate of drug-likeness (QED) is 0.483. The molecule has 0 saturated carbocycles. The van der Waals surface area contributed by atoms with E-state index in [0.717, 1.165) is 39.0 Å². The van der Waals surface area contributed by atoms with Crippen molar-refractivity contribution in [2.75, 3.05) is 60.4 Å². The molecule has 0 aliphatic carbocycles. The molecule has 0 spiro atoms. The van der Waals surface area contributed by atoms with E-state index in [9.17, 15) is 9.59 Å². The van der Waals surface area contributed by atoms with E-state index in [2.05, 4.69) is 11.9 Å². The Bertz CT molecular complexity index is 296. The first kappa shape index (κ1) is 20.8. The minimum Gasteiger partial charge on any atom is -0.481 e. The molecule has 0 aliphatic rings. The number of carboxylic acid groups (broad SMARTS) is 2. The topological polar surface area (TPSA) is 84.3 Å². The van der Waals surface area contributed by atoms with Crippen molar-refractivity contribution in [2.24, 2.45) is 0 Å². The molecular formula is C15H31N3O4. The fourth-order valence-corrected chi connectivity index (χ4v) is 2.13. The molecule has 7 heteroatoms. The molecule has 0 fully saturated rings. The van der Waals surface area contributed by atoms with Crippen molar-refractivity contribution < 1.29 is 19.8 Å². The third-order valence-corrected chi connectivity index (χ3v) is 3.57. The predicted molar refractivity (Wildman–Crippen MR) is 86.2 cm³/mol. The molecule has 2 N–H and O–H groups in total. The Kier molecular flexibility index (Phi) is 11.7. The summed E-state index contributed by atoms with van der Waals surface area (Å²) in [6, 6.07) is 0. The van der Waals surface area contributed by atoms with Crippen LogP contribution in [0.15, 0.2) is 0 Å². The fourth-order valence-electron chi connectivity index (χ4n) is 2.13. The van der Waals surface area contributed by atoms with E-state index in [1.165, 1.54) is 0 Å². The molecule has 0 heterocycles. The number of hydrogen-bond donors (Lipinski definition) is 2. The monoisotopic (exact) mass is 317 g/mol. The lowest BCUT2D eigenvalue weighted by molar-refractivity contribution is -0.138. The lowest BCUT2D eigenvalue weighted by Gasteiger charge is -2.21. The van der Waals surface area contributed by atoms with Crippen LogP contribution >= 0.6 is 0 Å². The highest BCUT2D eigenvalue weighted by Gasteiger charge is 2.05. The summed E-state index contributed by atoms with van der Waals surface area (Å²) in [4.78, 5) is 27.3. The first-order valence-electron chi connectivity index (χ1n) is 7.80. The van der Waals surface area contributed by atoms with E-state index < -0.39 is 11.9 Å². The molecule has 0 bridgehead atoms. The third kappa shape index (κ3) is 13.8. The molecule has 0 atom stereocenters. The highest BCUT2D eigenvalue weighted by Crippen LogP contribution is 1.96. The van der Waals surface area contributed by atoms with Crippen LogP contribution in [0.5, 0.6) is 0 Å². The highest BCUT2D eigenvalue weighted by atomic mass is 16.4. The summed E-state index contributed by atoms with van der Waals surface area (Å²) in [5.74, 6) is -1.51. The number of hydrogen-bond acceptors (Lipinski definition) is 5. The average Bonchev–Trinajstić information content (AvgIpc) is 2.43. The van der Waals surface area contributed by atoms with Crippen molar-refractivity contribution in [1.29, 1.82) is 0 Å². The lowest BCUT2D eigenvalue weighted by Crippen LogP contribution is -2.30. The minimum absolute atomic E-state index is 0.190. The van der Waals surface area contributed by atoms with Crippen LogP contribution in [0.2, 0.25) is 0 Å². The standard InChI is InChI=1S/C15H31N3O4/c1-16(8-4-10-17(2)12-6-14(19)20)9-5-11-18(3)13-7-15(21)22/h4-13H2,1-3H3,(H,19,20)(H,21,22). The van der Waals surface area contributed by atoms with Gasteiger partial charge < -0.3 is 24.9 Å². The van der Waals surface area contributed by atoms with Gasteiger partial charge in [0.15, 0.2) is 0 Å². The van der Waals surface area contributed by atoms with Gasteiger partial charge in [0.2, 0.25) is 0 Å². The van der Waals surface area contributed by atoms with Gasteiger partial charge in [-0.2, -0.15) is 0 Å². The van der Waals surface area contributed by atoms with Crippen molar-refractivity contribution in [3.05, 3.63) is 0 Å². The second kappa shape index (κ2) is 12.4. The summed E-state index contributed by atoms with van der Waals surface area (Å²) in [7, 11) is 5.97. The normalized spacial score (nSPS) is 11.5. The Hall–Kier alpha value is -1.18. The maximum Gasteiger partial charge on any atom is 0.304 e. The summed E-state index contributed by atoms with van der Waals surface area (Å²) < 4.78 is 0. The smallest absolute Gasteiger partial charge is 0.304 e. The summed E-state index contributed by atoms with van der Waals surface area (Å²) in [6.45, 7) is 4.94. The van der Waals surface area contributed by atoms with Gasteiger partial charge in [-0.1, -0.05) is 0 Å². The number of carbonyl (C=O) groups is 2. The van der Waals surface area contributed by atoms with Crippen LogP contribution in [-0.4, -0.2) is 97.3 Å². The average molecular weight is 317 g/mol. The van der Waals surface area contributed by atoms with Crippen LogP contribution in [0.4, 0.5) is 0 Å². The van der Waals surface area contributed by atoms with Gasteiger partial charge in [-0.25, -0.2) is 0 Å². The highest BCUT2D eigenvalue weighted by molar-refractivity contribution is 5.67. The predicted octanol–water partition coefficient (Wildman–Crippen LogP) is 0.511. The van der Waals surface area contributed by atoms with Crippen molar-refractivity contribution >= 4 is 11.9 Å². The fraction of sp³-hybridized carbons (Fsp3) is 0.867. The first-order valence-corrected chi connectivity index (χ1v) is 7.80. The van der Waals surface area contributed by atoms with Gasteiger partial charge in [0.05, 0.1) is 12.8 Å². The van der Waals surface area contributed by atoms with E-state index in [-0.39, 0.29) is 12.8 Å². The van der Waals surface area contributed by atoms with Crippen molar-refractivity contribution in [2.45, 2.75) is 25.7 Å². The summed E-state index contributed by atoms with van der Waals surface area (Å²) in [5, 5.41) is 17.2. The van der Waals surface area contributed by atoms with Crippen LogP contribution in [-0.2, 0) is 9.59 Å². The number of nitrogens with zero attached hydrogens (tertiary/aromatic N) is 3. The second-order valence-corrected chi connectivity index (χ2v) is 5.90. The van der Waals surface area contributed by atoms with E-state index >= 15 is 0 Å². The Morgan fingerprint density at radius 2 is 0.909 bits per heavy atom. The summed E-state index contributed by atoms with van der Waals surface area (Å²) in [5.41, 5.74) is 0. The van der Waals surface area contributed by atoms with E-state index in [0.29, 0.717) is 13.1 Å². The second-order valence-electron chi connectivity index (χ2n) is 5.90. The molecule has 0 saturated heterocycles. The van der Waals surface area contributed by atoms with E-state index in [4.69, 9.17) is 10.2 Å². The van der Waals surface area contributed by atoms with Crippen LogP contribution in [0.3, 0.4) is 0 Å². The maximum absolute atomic E-state index is 10.5. The zero-order valence-corrected chi connectivity index (χ0v) is 14.1. The molecule has 0 rings (SSSR count). The number of aliphatic carboxylic acids is 2. The van der Waals surface area contributed by atoms with Crippen molar-refractivity contribution in [3.8, 4) is 0 Å². The number of rotatable bonds is 14. The molecule has 0 unspecified atom stereocenters. The minimum atomic E-state index is -0.754. The molecule has 0 aromatic heterocycles. The molecule has 0 aromatic rings. The van der Waals surface area contributed by atoms with Gasteiger partial charge in [0.1, 0.15) is 0 Å². The summed E-state index contributed by atoms with van der Waals surface area (Å²) >= 11 is 0. The Balaban J connectivity index is 3.55. The van der Waals surface area contributed by atoms with Crippen LogP contribution in [0, 0.1) is 0 Å². The Morgan fingerprint density at radius 1 is 0.636 bits per heavy atom. The van der Waals surface area contributed by atoms with Crippen LogP contribution in [0.1, 0.15) is 25.7 Å². The Morgan fingerprint density at radius 3 is 1.18 bits per heavy atom. The molecule has 0 radical (unpaired) electrons. The van der Waals surface area contributed by atoms with Gasteiger partial charge in [-0.3, -0.25) is 9.59 Å². The third-order valence-electron chi connectivity index (χ3n) is 3.57. The zero-order valence-electron chi connectivity index (χ0n) is 14.1. The van der Waals surface area contributed by atoms with Gasteiger partial charge in [-0.15, -0.1) is 0 Å². The molecule has 22 heavy (non-hydrogen) atoms. The van der Waals surface area contributed by atoms with Crippen molar-refractivity contribution in [1.82, 2.24) is 14.7 Å². The SMILES string of the molecule is CN(CCCN(C)CCC(=O)O)CCCN(C)CCC(=O)O. The molecule has 130 valence electrons. The van der Waals surface area contributed by atoms with E-state index in [1.807, 2.05) is 23.9 Å². The Labute approximate surface area is 133 Å². The molecule has 7 nitrogen and oxygen atoms in total. The molecule has 0 aromatic carbocycles. The largest absolute Gasteiger partial charge is 0.481 e. The maximum atomic E-state index is 10.5. The summed E-state index contributed by atoms with van der Waals surface area (Å²) in [6.07, 6.45) is 2.41.